The molecule has 8 amide bonds. The van der Waals surface area contributed by atoms with Gasteiger partial charge in [-0.1, -0.05) is 145 Å². The van der Waals surface area contributed by atoms with Crippen LogP contribution >= 0.6 is 0 Å². The van der Waals surface area contributed by atoms with E-state index in [1.165, 1.54) is 17.0 Å². The maximum Gasteiger partial charge on any atom is 0.337 e. The zero-order valence-corrected chi connectivity index (χ0v) is 59.6. The van der Waals surface area contributed by atoms with Crippen LogP contribution in [-0.2, 0) is 71.9 Å². The molecular formula is C76H98N11O15+. The van der Waals surface area contributed by atoms with Crippen LogP contribution in [0, 0.1) is 10.8 Å². The number of carbonyl (C=O) groups is 10. The molecule has 4 aliphatic rings. The number of fused-ring (bicyclic) bond motifs is 2. The number of quaternary nitrogens is 1. The van der Waals surface area contributed by atoms with Crippen LogP contribution in [0.5, 0.6) is 5.75 Å². The van der Waals surface area contributed by atoms with Crippen molar-refractivity contribution in [2.24, 2.45) is 16.6 Å². The maximum atomic E-state index is 15.1. The van der Waals surface area contributed by atoms with Gasteiger partial charge in [0, 0.05) is 43.8 Å². The molecule has 0 radical (unpaired) electrons. The van der Waals surface area contributed by atoms with Crippen molar-refractivity contribution in [3.63, 3.8) is 0 Å². The molecule has 0 aliphatic carbocycles. The number of aliphatic carboxylic acids is 2. The lowest BCUT2D eigenvalue weighted by atomic mass is 9.85. The zero-order chi connectivity index (χ0) is 74.0. The summed E-state index contributed by atoms with van der Waals surface area (Å²) in [6.45, 7) is 16.4. The smallest absolute Gasteiger partial charge is 0.337 e. The Balaban J connectivity index is 0.856. The molecule has 0 spiro atoms. The molecule has 5 aromatic rings. The summed E-state index contributed by atoms with van der Waals surface area (Å²) in [6.07, 6.45) is 3.48. The second-order valence-electron chi connectivity index (χ2n) is 29.4. The van der Waals surface area contributed by atoms with Gasteiger partial charge in [0.15, 0.2) is 5.54 Å². The number of ether oxygens (including phenoxy) is 3. The fraction of sp³-hybridized carbons (Fsp3) is 0.474. The molecule has 14 unspecified atom stereocenters. The van der Waals surface area contributed by atoms with E-state index < -0.39 is 119 Å². The third kappa shape index (κ3) is 18.6. The second kappa shape index (κ2) is 32.7. The number of benzene rings is 5. The van der Waals surface area contributed by atoms with Crippen LogP contribution in [0.1, 0.15) is 107 Å². The number of likely N-dealkylation sites (N-methyl/N-ethyl adjacent to an activating group) is 2. The highest BCUT2D eigenvalue weighted by molar-refractivity contribution is 5.98. The highest BCUT2D eigenvalue weighted by atomic mass is 16.6. The van der Waals surface area contributed by atoms with Gasteiger partial charge in [-0.15, -0.1) is 0 Å². The van der Waals surface area contributed by atoms with Crippen molar-refractivity contribution in [2.75, 3.05) is 53.6 Å². The van der Waals surface area contributed by atoms with Crippen molar-refractivity contribution in [3.05, 3.63) is 161 Å². The van der Waals surface area contributed by atoms with Crippen LogP contribution in [0.15, 0.2) is 133 Å². The molecule has 4 aliphatic heterocycles. The summed E-state index contributed by atoms with van der Waals surface area (Å²) in [5.74, 6) is -6.48. The van der Waals surface area contributed by atoms with Crippen molar-refractivity contribution in [1.29, 1.82) is 0 Å². The predicted octanol–water partition coefficient (Wildman–Crippen LogP) is 3.39. The molecule has 4 saturated heterocycles. The highest BCUT2D eigenvalue weighted by Crippen LogP contribution is 2.59. The number of likely N-dealkylation sites (tertiary alicyclic amines) is 1. The van der Waals surface area contributed by atoms with E-state index in [2.05, 4.69) is 42.5 Å². The minimum absolute atomic E-state index is 0.0307. The van der Waals surface area contributed by atoms with Gasteiger partial charge in [0.2, 0.25) is 35.4 Å². The summed E-state index contributed by atoms with van der Waals surface area (Å²) in [4.78, 5) is 140. The van der Waals surface area contributed by atoms with Crippen molar-refractivity contribution in [2.45, 2.75) is 166 Å². The van der Waals surface area contributed by atoms with Crippen molar-refractivity contribution >= 4 is 70.0 Å². The van der Waals surface area contributed by atoms with Crippen LogP contribution in [-0.4, -0.2) is 204 Å². The summed E-state index contributed by atoms with van der Waals surface area (Å²) < 4.78 is 18.3. The molecule has 14 atom stereocenters. The minimum Gasteiger partial charge on any atom is -0.490 e. The van der Waals surface area contributed by atoms with Gasteiger partial charge in [-0.05, 0) is 109 Å². The molecule has 26 nitrogen and oxygen atoms in total. The third-order valence-corrected chi connectivity index (χ3v) is 19.9. The van der Waals surface area contributed by atoms with E-state index in [9.17, 15) is 48.6 Å². The van der Waals surface area contributed by atoms with Gasteiger partial charge in [-0.3, -0.25) is 33.6 Å². The molecule has 12 N–H and O–H groups in total. The van der Waals surface area contributed by atoms with E-state index in [4.69, 9.17) is 19.9 Å². The number of carboxylic acid groups (broad SMARTS) is 2. The maximum absolute atomic E-state index is 15.1. The van der Waals surface area contributed by atoms with E-state index in [1.54, 1.807) is 122 Å². The van der Waals surface area contributed by atoms with E-state index in [1.807, 2.05) is 69.3 Å². The van der Waals surface area contributed by atoms with Crippen LogP contribution in [0.3, 0.4) is 0 Å². The second-order valence-corrected chi connectivity index (χ2v) is 29.4. The first-order valence-electron chi connectivity index (χ1n) is 34.7. The third-order valence-electron chi connectivity index (χ3n) is 19.9. The Labute approximate surface area is 594 Å². The average molecular weight is 1410 g/mol. The topological polar surface area (TPSA) is 368 Å². The first-order chi connectivity index (χ1) is 48.3. The summed E-state index contributed by atoms with van der Waals surface area (Å²) in [5, 5.41) is 45.1. The number of rotatable bonds is 32. The zero-order valence-electron chi connectivity index (χ0n) is 59.6. The Kier molecular flexibility index (Phi) is 24.6. The Morgan fingerprint density at radius 2 is 1.19 bits per heavy atom. The lowest BCUT2D eigenvalue weighted by Gasteiger charge is -2.36. The Morgan fingerprint density at radius 3 is 1.76 bits per heavy atom. The van der Waals surface area contributed by atoms with Crippen LogP contribution < -0.4 is 53.0 Å². The summed E-state index contributed by atoms with van der Waals surface area (Å²) >= 11 is 0. The van der Waals surface area contributed by atoms with E-state index >= 15 is 9.59 Å². The number of carboxylic acids is 2. The van der Waals surface area contributed by atoms with Gasteiger partial charge < -0.3 is 77.6 Å². The molecule has 0 saturated carbocycles. The van der Waals surface area contributed by atoms with E-state index in [0.29, 0.717) is 54.1 Å². The van der Waals surface area contributed by atoms with E-state index in [0.717, 1.165) is 10.8 Å². The average Bonchev–Trinajstić information content (AvgIpc) is 1.48. The molecule has 102 heavy (non-hydrogen) atoms. The van der Waals surface area contributed by atoms with Gasteiger partial charge in [0.1, 0.15) is 79.9 Å². The van der Waals surface area contributed by atoms with Crippen molar-refractivity contribution in [3.8, 4) is 5.75 Å². The summed E-state index contributed by atoms with van der Waals surface area (Å²) in [7, 11) is 3.29. The Morgan fingerprint density at radius 1 is 0.647 bits per heavy atom. The molecule has 26 heteroatoms. The number of amides is 8. The summed E-state index contributed by atoms with van der Waals surface area (Å²) in [5.41, 5.74) is 6.59. The van der Waals surface area contributed by atoms with Crippen molar-refractivity contribution in [1.82, 2.24) is 47.4 Å². The van der Waals surface area contributed by atoms with Gasteiger partial charge in [-0.2, -0.15) is 0 Å². The first-order valence-corrected chi connectivity index (χ1v) is 34.7. The molecule has 9 rings (SSSR count). The number of hydrogen-bond donors (Lipinski definition) is 11. The molecule has 4 fully saturated rings. The summed E-state index contributed by atoms with van der Waals surface area (Å²) in [6, 6.07) is 23.6. The molecule has 0 bridgehead atoms. The Hall–Kier alpha value is -9.44. The number of nitrogens with zero attached hydrogens (tertiary/aromatic N) is 2. The van der Waals surface area contributed by atoms with Crippen LogP contribution in [0.2, 0.25) is 0 Å². The monoisotopic (exact) mass is 1400 g/mol. The minimum atomic E-state index is -1.49. The fourth-order valence-electron chi connectivity index (χ4n) is 13.6. The molecule has 546 valence electrons. The number of piperidine rings is 1. The molecular weight excluding hydrogens is 1310 g/mol. The lowest BCUT2D eigenvalue weighted by molar-refractivity contribution is -0.743. The van der Waals surface area contributed by atoms with Crippen LogP contribution in [0.4, 0.5) is 0 Å². The van der Waals surface area contributed by atoms with Gasteiger partial charge in [0.25, 0.3) is 5.91 Å². The SMILES string of the molecule is CNC(C)C(=O)NC(C(=O)N1CC(NC(=O)c2ccc(CC(NC(=O)C(N)c3ccccc3)C(=O)O)cc2)CC1C(=O)NC(Cc1ccc2ccccc2c1)C(=O)NC(Cc1ccc(OCC=CCOC2CC3(C4CO4)C[N+]3(C(=O)C(NC(=O)C(C)NC)C(C)(C)C)C2)cc1)C(=O)O)C(C)(C)C. The number of epoxide rings is 1. The quantitative estimate of drug-likeness (QED) is 0.0167. The predicted molar refractivity (Wildman–Crippen MR) is 380 cm³/mol. The van der Waals surface area contributed by atoms with Crippen molar-refractivity contribution < 1.29 is 76.9 Å². The first kappa shape index (κ1) is 76.7. The molecule has 4 heterocycles. The highest BCUT2D eigenvalue weighted by Gasteiger charge is 2.85. The van der Waals surface area contributed by atoms with Crippen LogP contribution in [0.25, 0.3) is 10.8 Å². The molecule has 5 aromatic carbocycles. The standard InChI is InChI=1S/C76H97N11O15/c1-44(78-9)64(88)84-62(74(3,4)5)70(94)86-40-53(80-66(90)51-28-22-46(23-29-51)35-58(73(98)99)83-69(93)61(77)50-19-12-11-13-20-50)38-59(86)68(92)81-56(37-48-24-27-49-18-14-15-21-52(49)34-48)67(91)82-57(72(96)97)36-47-25-30-54(31-26-47)100-32-16-17-33-101-55-39-76(60-42-102-60)43-87(76,41-55)71(95)63(75(6,7)8)85-65(89)45(2)79-10/h11-31,34,44-45,53,55-63,78-79H,32-33,35-43,77H2,1-10H3,(H7-,80,81,82,83,84,85,88,89,90,91,92,93,96,97,98,99)/p+1. The van der Waals surface area contributed by atoms with E-state index in [-0.39, 0.29) is 85.0 Å². The number of nitrogens with one attached hydrogen (secondary N) is 8. The lowest BCUT2D eigenvalue weighted by Crippen LogP contribution is -2.61. The fourth-order valence-corrected chi connectivity index (χ4v) is 13.6. The van der Waals surface area contributed by atoms with Gasteiger partial charge >= 0.3 is 17.8 Å². The normalized spacial score (nSPS) is 22.3. The number of hydrogen-bond acceptors (Lipinski definition) is 16. The Bertz CT molecular complexity index is 3910. The van der Waals surface area contributed by atoms with Gasteiger partial charge in [-0.25, -0.2) is 18.9 Å². The number of carbonyl (C=O) groups excluding carboxylic acids is 8. The van der Waals surface area contributed by atoms with Gasteiger partial charge in [0.05, 0.1) is 25.3 Å². The molecule has 0 aromatic heterocycles. The number of nitrogens with two attached hydrogens (primary N) is 1. The largest absolute Gasteiger partial charge is 0.490 e.